The van der Waals surface area contributed by atoms with Gasteiger partial charge in [-0.2, -0.15) is 0 Å². The number of benzene rings is 8. The van der Waals surface area contributed by atoms with Gasteiger partial charge < -0.3 is 13.6 Å². The lowest BCUT2D eigenvalue weighted by Crippen LogP contribution is -2.09. The zero-order chi connectivity index (χ0) is 38.3. The smallest absolute Gasteiger partial charge is 0.166 e. The van der Waals surface area contributed by atoms with E-state index in [1.807, 2.05) is 42.5 Å². The average Bonchev–Trinajstić information content (AvgIpc) is 3.95. The third kappa shape index (κ3) is 4.69. The fraction of sp³-hybridized carbons (Fsp3) is 0.0192. The van der Waals surface area contributed by atoms with E-state index in [0.717, 1.165) is 77.6 Å². The van der Waals surface area contributed by atoms with Crippen LogP contribution in [0.1, 0.15) is 5.56 Å². The van der Waals surface area contributed by atoms with E-state index in [9.17, 15) is 0 Å². The van der Waals surface area contributed by atoms with E-state index < -0.39 is 0 Å². The van der Waals surface area contributed by atoms with Crippen LogP contribution in [0.4, 0.5) is 0 Å². The molecule has 0 saturated heterocycles. The molecule has 272 valence electrons. The standard InChI is InChI=1S/C52H33N5O/c1-32-45(52-54-50(33-18-4-2-5-19-33)53-51(55-52)34-20-6-3-7-21-34)48(57-42-29-15-10-24-37(42)38-25-11-16-30-43(38)57)46-39-26-12-17-31-44(39)58-49(46)47(32)56-40-27-13-8-22-35(40)36-23-9-14-28-41(36)56/h2-31H,1H3. The number of fused-ring (bicyclic) bond motifs is 9. The third-order valence-corrected chi connectivity index (χ3v) is 11.5. The summed E-state index contributed by atoms with van der Waals surface area (Å²) in [6, 6.07) is 63.3. The lowest BCUT2D eigenvalue weighted by molar-refractivity contribution is 0.666. The van der Waals surface area contributed by atoms with E-state index in [1.54, 1.807) is 0 Å². The lowest BCUT2D eigenvalue weighted by atomic mass is 9.96. The maximum absolute atomic E-state index is 7.14. The highest BCUT2D eigenvalue weighted by Gasteiger charge is 2.30. The molecule has 0 radical (unpaired) electrons. The first-order valence-corrected chi connectivity index (χ1v) is 19.5. The van der Waals surface area contributed by atoms with Gasteiger partial charge in [-0.1, -0.05) is 152 Å². The summed E-state index contributed by atoms with van der Waals surface area (Å²) in [7, 11) is 0. The molecular weight excluding hydrogens is 711 g/mol. The summed E-state index contributed by atoms with van der Waals surface area (Å²) in [5.41, 5.74) is 11.6. The molecule has 0 aliphatic rings. The first kappa shape index (κ1) is 32.4. The second kappa shape index (κ2) is 12.6. The molecule has 0 amide bonds. The minimum Gasteiger partial charge on any atom is -0.454 e. The zero-order valence-corrected chi connectivity index (χ0v) is 31.5. The fourth-order valence-corrected chi connectivity index (χ4v) is 9.05. The molecule has 0 bridgehead atoms. The SMILES string of the molecule is Cc1c(-c2nc(-c3ccccc3)nc(-c3ccccc3)n2)c(-n2c3ccccc3c3ccccc32)c2c(oc3ccccc32)c1-n1c2ccccc2c2ccccc21. The Hall–Kier alpha value is -7.83. The highest BCUT2D eigenvalue weighted by Crippen LogP contribution is 2.49. The van der Waals surface area contributed by atoms with Gasteiger partial charge in [-0.3, -0.25) is 0 Å². The lowest BCUT2D eigenvalue weighted by Gasteiger charge is -2.22. The van der Waals surface area contributed by atoms with Crippen LogP contribution >= 0.6 is 0 Å². The Kier molecular flexibility index (Phi) is 7.04. The minimum absolute atomic E-state index is 0.580. The number of hydrogen-bond acceptors (Lipinski definition) is 4. The highest BCUT2D eigenvalue weighted by molar-refractivity contribution is 6.20. The second-order valence-corrected chi connectivity index (χ2v) is 14.8. The molecule has 0 fully saturated rings. The van der Waals surface area contributed by atoms with Crippen LogP contribution in [0.2, 0.25) is 0 Å². The van der Waals surface area contributed by atoms with Gasteiger partial charge in [0.2, 0.25) is 0 Å². The Morgan fingerprint density at radius 3 is 1.24 bits per heavy atom. The number of rotatable bonds is 5. The Labute approximate surface area is 332 Å². The van der Waals surface area contributed by atoms with Crippen LogP contribution in [0.15, 0.2) is 186 Å². The molecule has 4 heterocycles. The van der Waals surface area contributed by atoms with Crippen molar-refractivity contribution in [3.63, 3.8) is 0 Å². The summed E-state index contributed by atoms with van der Waals surface area (Å²) in [5.74, 6) is 1.79. The van der Waals surface area contributed by atoms with Gasteiger partial charge in [-0.05, 0) is 42.8 Å². The van der Waals surface area contributed by atoms with Crippen LogP contribution < -0.4 is 0 Å². The first-order valence-electron chi connectivity index (χ1n) is 19.5. The zero-order valence-electron chi connectivity index (χ0n) is 31.5. The van der Waals surface area contributed by atoms with Gasteiger partial charge in [0.25, 0.3) is 0 Å². The van der Waals surface area contributed by atoms with E-state index in [1.165, 1.54) is 21.5 Å². The molecule has 0 aliphatic carbocycles. The molecule has 0 N–H and O–H groups in total. The number of para-hydroxylation sites is 5. The molecule has 0 aliphatic heterocycles. The summed E-state index contributed by atoms with van der Waals surface area (Å²) >= 11 is 0. The van der Waals surface area contributed by atoms with Crippen LogP contribution in [0.5, 0.6) is 0 Å². The van der Waals surface area contributed by atoms with E-state index >= 15 is 0 Å². The van der Waals surface area contributed by atoms with Gasteiger partial charge in [0.1, 0.15) is 5.58 Å². The number of aromatic nitrogens is 5. The van der Waals surface area contributed by atoms with Crippen molar-refractivity contribution < 1.29 is 4.42 Å². The van der Waals surface area contributed by atoms with Crippen molar-refractivity contribution >= 4 is 65.6 Å². The summed E-state index contributed by atoms with van der Waals surface area (Å²) in [6.07, 6.45) is 0. The maximum Gasteiger partial charge on any atom is 0.166 e. The summed E-state index contributed by atoms with van der Waals surface area (Å²) in [5, 5.41) is 6.68. The Morgan fingerprint density at radius 2 is 0.759 bits per heavy atom. The van der Waals surface area contributed by atoms with Crippen LogP contribution in [-0.4, -0.2) is 24.1 Å². The molecule has 12 aromatic rings. The van der Waals surface area contributed by atoms with Gasteiger partial charge in [0, 0.05) is 43.6 Å². The van der Waals surface area contributed by atoms with E-state index in [-0.39, 0.29) is 0 Å². The predicted octanol–water partition coefficient (Wildman–Crippen LogP) is 13.3. The summed E-state index contributed by atoms with van der Waals surface area (Å²) < 4.78 is 11.9. The molecule has 4 aromatic heterocycles. The van der Waals surface area contributed by atoms with Crippen molar-refractivity contribution in [3.05, 3.63) is 188 Å². The molecule has 58 heavy (non-hydrogen) atoms. The largest absolute Gasteiger partial charge is 0.454 e. The average molecular weight is 744 g/mol. The highest BCUT2D eigenvalue weighted by atomic mass is 16.3. The normalized spacial score (nSPS) is 11.9. The third-order valence-electron chi connectivity index (χ3n) is 11.5. The number of nitrogens with zero attached hydrogens (tertiary/aromatic N) is 5. The Morgan fingerprint density at radius 1 is 0.379 bits per heavy atom. The van der Waals surface area contributed by atoms with Gasteiger partial charge >= 0.3 is 0 Å². The molecule has 6 heteroatoms. The van der Waals surface area contributed by atoms with E-state index in [2.05, 4.69) is 156 Å². The Bertz CT molecular complexity index is 3410. The van der Waals surface area contributed by atoms with Gasteiger partial charge in [0.15, 0.2) is 23.1 Å². The van der Waals surface area contributed by atoms with E-state index in [4.69, 9.17) is 19.4 Å². The Balaban J connectivity index is 1.34. The van der Waals surface area contributed by atoms with Crippen molar-refractivity contribution in [1.82, 2.24) is 24.1 Å². The van der Waals surface area contributed by atoms with Crippen molar-refractivity contribution in [2.24, 2.45) is 0 Å². The van der Waals surface area contributed by atoms with E-state index in [0.29, 0.717) is 17.5 Å². The monoisotopic (exact) mass is 743 g/mol. The molecule has 0 unspecified atom stereocenters. The first-order chi connectivity index (χ1) is 28.7. The number of furan rings is 1. The van der Waals surface area contributed by atoms with Crippen molar-refractivity contribution in [2.75, 3.05) is 0 Å². The second-order valence-electron chi connectivity index (χ2n) is 14.8. The topological polar surface area (TPSA) is 61.7 Å². The molecule has 0 spiro atoms. The van der Waals surface area contributed by atoms with Crippen LogP contribution in [-0.2, 0) is 0 Å². The molecule has 12 rings (SSSR count). The summed E-state index contributed by atoms with van der Waals surface area (Å²) in [6.45, 7) is 2.20. The number of hydrogen-bond donors (Lipinski definition) is 0. The quantitative estimate of drug-likeness (QED) is 0.176. The molecule has 0 atom stereocenters. The molecule has 8 aromatic carbocycles. The molecular formula is C52H33N5O. The van der Waals surface area contributed by atoms with Crippen molar-refractivity contribution in [1.29, 1.82) is 0 Å². The van der Waals surface area contributed by atoms with Crippen LogP contribution in [0.3, 0.4) is 0 Å². The fourth-order valence-electron chi connectivity index (χ4n) is 9.05. The van der Waals surface area contributed by atoms with Gasteiger partial charge in [-0.25, -0.2) is 15.0 Å². The molecule has 6 nitrogen and oxygen atoms in total. The van der Waals surface area contributed by atoms with Crippen LogP contribution in [0, 0.1) is 6.92 Å². The van der Waals surface area contributed by atoms with Gasteiger partial charge in [-0.15, -0.1) is 0 Å². The van der Waals surface area contributed by atoms with Crippen molar-refractivity contribution in [2.45, 2.75) is 6.92 Å². The van der Waals surface area contributed by atoms with Crippen molar-refractivity contribution in [3.8, 4) is 45.5 Å². The molecule has 0 saturated carbocycles. The summed E-state index contributed by atoms with van der Waals surface area (Å²) in [4.78, 5) is 16.0. The minimum atomic E-state index is 0.580. The predicted molar refractivity (Wildman–Crippen MR) is 237 cm³/mol. The van der Waals surface area contributed by atoms with Crippen LogP contribution in [0.25, 0.3) is 111 Å². The maximum atomic E-state index is 7.14. The van der Waals surface area contributed by atoms with Gasteiger partial charge in [0.05, 0.1) is 38.8 Å².